The maximum atomic E-state index is 12.8. The van der Waals surface area contributed by atoms with Crippen LogP contribution in [0.2, 0.25) is 0 Å². The summed E-state index contributed by atoms with van der Waals surface area (Å²) >= 11 is 0. The molecule has 0 bridgehead atoms. The highest BCUT2D eigenvalue weighted by atomic mass is 32.2. The van der Waals surface area contributed by atoms with Gasteiger partial charge in [-0.3, -0.25) is 4.79 Å². The van der Waals surface area contributed by atoms with Gasteiger partial charge in [-0.25, -0.2) is 16.8 Å². The molecule has 1 heterocycles. The minimum Gasteiger partial charge on any atom is -0.497 e. The Morgan fingerprint density at radius 2 is 1.52 bits per heavy atom. The summed E-state index contributed by atoms with van der Waals surface area (Å²) in [5.41, 5.74) is 0.507. The molecule has 1 fully saturated rings. The minimum atomic E-state index is -3.97. The maximum absolute atomic E-state index is 12.8. The molecule has 2 aromatic carbocycles. The standard InChI is InChI=1S/C20H25N3O6S2/c1-22(15-20(24)21-16-5-7-17(29-2)8-6-16)30(25,26)18-9-11-19(12-10-18)31(27,28)23-13-3-4-14-23/h5-12H,3-4,13-15H2,1-2H3,(H,21,24). The number of nitrogens with zero attached hydrogens (tertiary/aromatic N) is 2. The molecule has 1 saturated heterocycles. The molecular weight excluding hydrogens is 442 g/mol. The van der Waals surface area contributed by atoms with Crippen LogP contribution < -0.4 is 10.1 Å². The predicted molar refractivity (Wildman–Crippen MR) is 116 cm³/mol. The van der Waals surface area contributed by atoms with Gasteiger partial charge in [0.2, 0.25) is 26.0 Å². The summed E-state index contributed by atoms with van der Waals surface area (Å²) < 4.78 is 58.1. The van der Waals surface area contributed by atoms with Crippen LogP contribution in [0.4, 0.5) is 5.69 Å². The monoisotopic (exact) mass is 467 g/mol. The summed E-state index contributed by atoms with van der Waals surface area (Å²) in [6.07, 6.45) is 1.63. The smallest absolute Gasteiger partial charge is 0.243 e. The second kappa shape index (κ2) is 9.35. The zero-order chi connectivity index (χ0) is 22.6. The number of amides is 1. The van der Waals surface area contributed by atoms with Crippen molar-refractivity contribution < 1.29 is 26.4 Å². The highest BCUT2D eigenvalue weighted by Crippen LogP contribution is 2.23. The van der Waals surface area contributed by atoms with E-state index in [-0.39, 0.29) is 9.79 Å². The van der Waals surface area contributed by atoms with E-state index in [2.05, 4.69) is 5.32 Å². The first-order chi connectivity index (χ1) is 14.6. The van der Waals surface area contributed by atoms with E-state index >= 15 is 0 Å². The van der Waals surface area contributed by atoms with Gasteiger partial charge in [-0.2, -0.15) is 8.61 Å². The fourth-order valence-corrected chi connectivity index (χ4v) is 5.85. The fraction of sp³-hybridized carbons (Fsp3) is 0.350. The summed E-state index contributed by atoms with van der Waals surface area (Å²) in [5, 5.41) is 2.62. The Morgan fingerprint density at radius 1 is 0.968 bits per heavy atom. The molecule has 1 amide bonds. The van der Waals surface area contributed by atoms with E-state index in [4.69, 9.17) is 4.74 Å². The third kappa shape index (κ3) is 5.24. The van der Waals surface area contributed by atoms with Crippen molar-refractivity contribution in [3.05, 3.63) is 48.5 Å². The largest absolute Gasteiger partial charge is 0.497 e. The number of hydrogen-bond donors (Lipinski definition) is 1. The number of benzene rings is 2. The Bertz CT molecular complexity index is 1120. The lowest BCUT2D eigenvalue weighted by Gasteiger charge is -2.18. The number of carbonyl (C=O) groups is 1. The van der Waals surface area contributed by atoms with Gasteiger partial charge in [-0.1, -0.05) is 0 Å². The van der Waals surface area contributed by atoms with Crippen molar-refractivity contribution in [3.63, 3.8) is 0 Å². The first-order valence-electron chi connectivity index (χ1n) is 9.65. The van der Waals surface area contributed by atoms with Gasteiger partial charge in [0.15, 0.2) is 0 Å². The van der Waals surface area contributed by atoms with Crippen molar-refractivity contribution in [3.8, 4) is 5.75 Å². The van der Waals surface area contributed by atoms with Crippen LogP contribution >= 0.6 is 0 Å². The topological polar surface area (TPSA) is 113 Å². The van der Waals surface area contributed by atoms with Crippen LogP contribution in [0.5, 0.6) is 5.75 Å². The fourth-order valence-electron chi connectivity index (χ4n) is 3.20. The third-order valence-corrected chi connectivity index (χ3v) is 8.71. The van der Waals surface area contributed by atoms with Crippen LogP contribution in [0.25, 0.3) is 0 Å². The molecule has 0 spiro atoms. The summed E-state index contributed by atoms with van der Waals surface area (Å²) in [6, 6.07) is 11.7. The second-order valence-corrected chi connectivity index (χ2v) is 11.1. The molecule has 1 aliphatic heterocycles. The summed E-state index contributed by atoms with van der Waals surface area (Å²) in [4.78, 5) is 12.2. The van der Waals surface area contributed by atoms with Gasteiger partial charge >= 0.3 is 0 Å². The quantitative estimate of drug-likeness (QED) is 0.633. The van der Waals surface area contributed by atoms with E-state index in [0.29, 0.717) is 24.5 Å². The van der Waals surface area contributed by atoms with Crippen molar-refractivity contribution in [1.29, 1.82) is 0 Å². The molecule has 0 aromatic heterocycles. The number of likely N-dealkylation sites (N-methyl/N-ethyl adjacent to an activating group) is 1. The maximum Gasteiger partial charge on any atom is 0.243 e. The van der Waals surface area contributed by atoms with Gasteiger partial charge in [0.05, 0.1) is 23.4 Å². The number of rotatable bonds is 8. The van der Waals surface area contributed by atoms with Crippen molar-refractivity contribution in [2.24, 2.45) is 0 Å². The minimum absolute atomic E-state index is 0.0493. The van der Waals surface area contributed by atoms with E-state index in [9.17, 15) is 21.6 Å². The lowest BCUT2D eigenvalue weighted by atomic mass is 10.3. The first kappa shape index (κ1) is 23.2. The van der Waals surface area contributed by atoms with Crippen molar-refractivity contribution in [1.82, 2.24) is 8.61 Å². The van der Waals surface area contributed by atoms with Crippen molar-refractivity contribution >= 4 is 31.6 Å². The highest BCUT2D eigenvalue weighted by molar-refractivity contribution is 7.89. The third-order valence-electron chi connectivity index (χ3n) is 4.97. The number of carbonyl (C=O) groups excluding carboxylic acids is 1. The van der Waals surface area contributed by atoms with E-state index < -0.39 is 32.5 Å². The van der Waals surface area contributed by atoms with Crippen LogP contribution in [0, 0.1) is 0 Å². The number of ether oxygens (including phenoxy) is 1. The Kier molecular flexibility index (Phi) is 6.99. The molecule has 168 valence electrons. The molecule has 11 heteroatoms. The lowest BCUT2D eigenvalue weighted by molar-refractivity contribution is -0.116. The van der Waals surface area contributed by atoms with Crippen LogP contribution in [-0.2, 0) is 24.8 Å². The van der Waals surface area contributed by atoms with E-state index in [1.54, 1.807) is 24.3 Å². The molecule has 0 aliphatic carbocycles. The molecule has 0 saturated carbocycles. The summed E-state index contributed by atoms with van der Waals surface area (Å²) in [6.45, 7) is 0.533. The summed E-state index contributed by atoms with van der Waals surface area (Å²) in [5.74, 6) is 0.123. The average molecular weight is 468 g/mol. The number of nitrogens with one attached hydrogen (secondary N) is 1. The van der Waals surface area contributed by atoms with Gasteiger partial charge in [-0.05, 0) is 61.4 Å². The summed E-state index contributed by atoms with van der Waals surface area (Å²) in [7, 11) is -4.78. The Morgan fingerprint density at radius 3 is 2.06 bits per heavy atom. The Balaban J connectivity index is 1.67. The average Bonchev–Trinajstić information content (AvgIpc) is 3.30. The number of hydrogen-bond acceptors (Lipinski definition) is 6. The number of sulfonamides is 2. The van der Waals surface area contributed by atoms with Crippen molar-refractivity contribution in [2.75, 3.05) is 39.1 Å². The number of methoxy groups -OCH3 is 1. The molecule has 31 heavy (non-hydrogen) atoms. The molecular formula is C20H25N3O6S2. The number of anilines is 1. The molecule has 0 unspecified atom stereocenters. The van der Waals surface area contributed by atoms with Gasteiger partial charge in [0, 0.05) is 25.8 Å². The SMILES string of the molecule is COc1ccc(NC(=O)CN(C)S(=O)(=O)c2ccc(S(=O)(=O)N3CCCC3)cc2)cc1. The zero-order valence-electron chi connectivity index (χ0n) is 17.3. The molecule has 0 atom stereocenters. The lowest BCUT2D eigenvalue weighted by Crippen LogP contribution is -2.35. The predicted octanol–water partition coefficient (Wildman–Crippen LogP) is 1.74. The van der Waals surface area contributed by atoms with Crippen LogP contribution in [0.3, 0.4) is 0 Å². The normalized spacial score (nSPS) is 15.2. The van der Waals surface area contributed by atoms with Crippen LogP contribution in [0.1, 0.15) is 12.8 Å². The van der Waals surface area contributed by atoms with Crippen molar-refractivity contribution in [2.45, 2.75) is 22.6 Å². The molecule has 2 aromatic rings. The molecule has 1 N–H and O–H groups in total. The van der Waals surface area contributed by atoms with E-state index in [0.717, 1.165) is 17.1 Å². The van der Waals surface area contributed by atoms with Gasteiger partial charge in [-0.15, -0.1) is 0 Å². The molecule has 1 aliphatic rings. The van der Waals surface area contributed by atoms with Gasteiger partial charge < -0.3 is 10.1 Å². The van der Waals surface area contributed by atoms with Gasteiger partial charge in [0.25, 0.3) is 0 Å². The first-order valence-corrected chi connectivity index (χ1v) is 12.5. The Labute approximate surface area is 182 Å². The molecule has 0 radical (unpaired) electrons. The van der Waals surface area contributed by atoms with Crippen LogP contribution in [0.15, 0.2) is 58.3 Å². The van der Waals surface area contributed by atoms with Gasteiger partial charge in [0.1, 0.15) is 5.75 Å². The van der Waals surface area contributed by atoms with Crippen LogP contribution in [-0.4, -0.2) is 65.1 Å². The second-order valence-electron chi connectivity index (χ2n) is 7.12. The highest BCUT2D eigenvalue weighted by Gasteiger charge is 2.28. The van der Waals surface area contributed by atoms with E-state index in [1.807, 2.05) is 0 Å². The molecule has 9 nitrogen and oxygen atoms in total. The zero-order valence-corrected chi connectivity index (χ0v) is 18.9. The Hall–Kier alpha value is -2.47. The molecule has 3 rings (SSSR count). The van der Waals surface area contributed by atoms with E-state index in [1.165, 1.54) is 42.7 Å².